The molecule has 0 bridgehead atoms. The van der Waals surface area contributed by atoms with Crippen molar-refractivity contribution in [2.24, 2.45) is 5.92 Å². The Morgan fingerprint density at radius 2 is 2.00 bits per heavy atom. The minimum atomic E-state index is 0.179. The zero-order valence-corrected chi connectivity index (χ0v) is 13.0. The number of likely N-dealkylation sites (tertiary alicyclic amines) is 1. The summed E-state index contributed by atoms with van der Waals surface area (Å²) >= 11 is 0. The van der Waals surface area contributed by atoms with Gasteiger partial charge in [0, 0.05) is 19.5 Å². The number of hydrogen-bond donors (Lipinski definition) is 2. The third-order valence-electron chi connectivity index (χ3n) is 4.97. The first-order valence-corrected chi connectivity index (χ1v) is 8.46. The highest BCUT2D eigenvalue weighted by molar-refractivity contribution is 5.75. The Bertz CT molecular complexity index is 289. The number of rotatable bonds is 5. The van der Waals surface area contributed by atoms with Crippen LogP contribution in [0.1, 0.15) is 51.4 Å². The molecule has 2 N–H and O–H groups in total. The minimum Gasteiger partial charge on any atom is -0.359 e. The largest absolute Gasteiger partial charge is 0.359 e. The summed E-state index contributed by atoms with van der Waals surface area (Å²) in [6, 6.07) is 0.768. The molecule has 1 atom stereocenters. The highest BCUT2D eigenvalue weighted by Crippen LogP contribution is 2.28. The van der Waals surface area contributed by atoms with Gasteiger partial charge >= 0.3 is 0 Å². The van der Waals surface area contributed by atoms with Gasteiger partial charge in [-0.05, 0) is 64.2 Å². The molecule has 4 heteroatoms. The molecule has 116 valence electrons. The van der Waals surface area contributed by atoms with Crippen LogP contribution >= 0.6 is 0 Å². The molecule has 1 unspecified atom stereocenters. The molecule has 0 spiro atoms. The van der Waals surface area contributed by atoms with Crippen molar-refractivity contribution in [1.29, 1.82) is 0 Å². The molecule has 2 rings (SSSR count). The third-order valence-corrected chi connectivity index (χ3v) is 4.97. The van der Waals surface area contributed by atoms with Gasteiger partial charge in [0.25, 0.3) is 0 Å². The first-order chi connectivity index (χ1) is 9.81. The predicted molar refractivity (Wildman–Crippen MR) is 82.7 cm³/mol. The summed E-state index contributed by atoms with van der Waals surface area (Å²) in [5.41, 5.74) is 0. The predicted octanol–water partition coefficient (Wildman–Crippen LogP) is 1.76. The molecule has 1 amide bonds. The maximum atomic E-state index is 11.4. The van der Waals surface area contributed by atoms with E-state index in [1.54, 1.807) is 7.05 Å². The Hall–Kier alpha value is -0.610. The summed E-state index contributed by atoms with van der Waals surface area (Å²) in [6.07, 6.45) is 9.81. The number of piperidine rings is 1. The molecule has 4 nitrogen and oxygen atoms in total. The fourth-order valence-corrected chi connectivity index (χ4v) is 3.80. The van der Waals surface area contributed by atoms with Gasteiger partial charge in [-0.25, -0.2) is 0 Å². The van der Waals surface area contributed by atoms with E-state index >= 15 is 0 Å². The molecule has 0 saturated carbocycles. The van der Waals surface area contributed by atoms with Crippen LogP contribution < -0.4 is 10.6 Å². The van der Waals surface area contributed by atoms with Gasteiger partial charge < -0.3 is 15.5 Å². The summed E-state index contributed by atoms with van der Waals surface area (Å²) < 4.78 is 0. The molecule has 20 heavy (non-hydrogen) atoms. The number of nitrogens with zero attached hydrogens (tertiary/aromatic N) is 1. The van der Waals surface area contributed by atoms with E-state index in [0.29, 0.717) is 6.42 Å². The van der Waals surface area contributed by atoms with Crippen LogP contribution in [0.25, 0.3) is 0 Å². The van der Waals surface area contributed by atoms with Crippen LogP contribution in [0.5, 0.6) is 0 Å². The average Bonchev–Trinajstić information content (AvgIpc) is 2.73. The summed E-state index contributed by atoms with van der Waals surface area (Å²) in [5, 5.41) is 6.20. The molecule has 2 fully saturated rings. The second kappa shape index (κ2) is 8.63. The van der Waals surface area contributed by atoms with Crippen molar-refractivity contribution in [3.8, 4) is 0 Å². The van der Waals surface area contributed by atoms with E-state index in [9.17, 15) is 4.79 Å². The summed E-state index contributed by atoms with van der Waals surface area (Å²) in [6.45, 7) is 4.71. The van der Waals surface area contributed by atoms with Crippen LogP contribution in [0.3, 0.4) is 0 Å². The average molecular weight is 281 g/mol. The highest BCUT2D eigenvalue weighted by Gasteiger charge is 2.29. The van der Waals surface area contributed by atoms with Crippen molar-refractivity contribution < 1.29 is 4.79 Å². The van der Waals surface area contributed by atoms with Gasteiger partial charge in [0.1, 0.15) is 0 Å². The Morgan fingerprint density at radius 1 is 1.20 bits per heavy atom. The Morgan fingerprint density at radius 3 is 2.75 bits per heavy atom. The molecule has 0 aromatic heterocycles. The Labute approximate surface area is 123 Å². The molecular formula is C16H31N3O. The lowest BCUT2D eigenvalue weighted by molar-refractivity contribution is -0.120. The van der Waals surface area contributed by atoms with Gasteiger partial charge in [0.2, 0.25) is 5.91 Å². The van der Waals surface area contributed by atoms with E-state index in [1.807, 2.05) is 0 Å². The van der Waals surface area contributed by atoms with Crippen LogP contribution in [0.2, 0.25) is 0 Å². The van der Waals surface area contributed by atoms with Gasteiger partial charge in [-0.1, -0.05) is 12.8 Å². The molecule has 0 aliphatic carbocycles. The normalized spacial score (nSPS) is 26.1. The lowest BCUT2D eigenvalue weighted by Crippen LogP contribution is -2.44. The molecule has 2 saturated heterocycles. The van der Waals surface area contributed by atoms with Gasteiger partial charge in [-0.15, -0.1) is 0 Å². The standard InChI is InChI=1S/C16H31N3O/c1-17-16(20)7-5-13-19-12-4-2-3-6-15(19)14-8-10-18-11-9-14/h14-15,18H,2-13H2,1H3,(H,17,20). The van der Waals surface area contributed by atoms with E-state index in [2.05, 4.69) is 15.5 Å². The molecule has 2 aliphatic heterocycles. The van der Waals surface area contributed by atoms with Gasteiger partial charge in [0.15, 0.2) is 0 Å². The zero-order valence-electron chi connectivity index (χ0n) is 13.0. The van der Waals surface area contributed by atoms with Crippen molar-refractivity contribution in [3.63, 3.8) is 0 Å². The van der Waals surface area contributed by atoms with Gasteiger partial charge in [-0.3, -0.25) is 4.79 Å². The van der Waals surface area contributed by atoms with Crippen LogP contribution in [-0.4, -0.2) is 50.1 Å². The number of carbonyl (C=O) groups excluding carboxylic acids is 1. The highest BCUT2D eigenvalue weighted by atomic mass is 16.1. The fraction of sp³-hybridized carbons (Fsp3) is 0.938. The first kappa shape index (κ1) is 15.8. The molecule has 2 heterocycles. The van der Waals surface area contributed by atoms with E-state index in [4.69, 9.17) is 0 Å². The SMILES string of the molecule is CNC(=O)CCCN1CCCCCC1C1CCNCC1. The summed E-state index contributed by atoms with van der Waals surface area (Å²) in [5.74, 6) is 1.05. The van der Waals surface area contributed by atoms with E-state index in [-0.39, 0.29) is 5.91 Å². The zero-order chi connectivity index (χ0) is 14.2. The number of amides is 1. The van der Waals surface area contributed by atoms with Crippen LogP contribution in [-0.2, 0) is 4.79 Å². The van der Waals surface area contributed by atoms with Crippen molar-refractivity contribution >= 4 is 5.91 Å². The maximum absolute atomic E-state index is 11.4. The molecule has 2 aliphatic rings. The van der Waals surface area contributed by atoms with Crippen molar-refractivity contribution in [2.45, 2.75) is 57.4 Å². The van der Waals surface area contributed by atoms with E-state index in [1.165, 1.54) is 58.2 Å². The lowest BCUT2D eigenvalue weighted by Gasteiger charge is -2.38. The van der Waals surface area contributed by atoms with Crippen LogP contribution in [0.15, 0.2) is 0 Å². The fourth-order valence-electron chi connectivity index (χ4n) is 3.80. The molecule has 0 aromatic carbocycles. The molecule has 0 aromatic rings. The van der Waals surface area contributed by atoms with Crippen molar-refractivity contribution in [3.05, 3.63) is 0 Å². The Kier molecular flexibility index (Phi) is 6.80. The first-order valence-electron chi connectivity index (χ1n) is 8.46. The number of hydrogen-bond acceptors (Lipinski definition) is 3. The lowest BCUT2D eigenvalue weighted by atomic mass is 9.86. The third kappa shape index (κ3) is 4.74. The molecular weight excluding hydrogens is 250 g/mol. The van der Waals surface area contributed by atoms with Gasteiger partial charge in [-0.2, -0.15) is 0 Å². The van der Waals surface area contributed by atoms with Crippen molar-refractivity contribution in [2.75, 3.05) is 33.2 Å². The molecule has 0 radical (unpaired) electrons. The van der Waals surface area contributed by atoms with Crippen molar-refractivity contribution in [1.82, 2.24) is 15.5 Å². The second-order valence-corrected chi connectivity index (χ2v) is 6.32. The second-order valence-electron chi connectivity index (χ2n) is 6.32. The minimum absolute atomic E-state index is 0.179. The number of nitrogens with one attached hydrogen (secondary N) is 2. The topological polar surface area (TPSA) is 44.4 Å². The summed E-state index contributed by atoms with van der Waals surface area (Å²) in [4.78, 5) is 14.1. The monoisotopic (exact) mass is 281 g/mol. The van der Waals surface area contributed by atoms with Crippen LogP contribution in [0.4, 0.5) is 0 Å². The number of carbonyl (C=O) groups is 1. The summed E-state index contributed by atoms with van der Waals surface area (Å²) in [7, 11) is 1.73. The smallest absolute Gasteiger partial charge is 0.219 e. The maximum Gasteiger partial charge on any atom is 0.219 e. The quantitative estimate of drug-likeness (QED) is 0.807. The van der Waals surface area contributed by atoms with Gasteiger partial charge in [0.05, 0.1) is 0 Å². The van der Waals surface area contributed by atoms with E-state index in [0.717, 1.165) is 24.9 Å². The van der Waals surface area contributed by atoms with Crippen LogP contribution in [0, 0.1) is 5.92 Å². The Balaban J connectivity index is 1.85. The van der Waals surface area contributed by atoms with E-state index < -0.39 is 0 Å².